The van der Waals surface area contributed by atoms with Gasteiger partial charge in [-0.2, -0.15) is 11.8 Å². The topological polar surface area (TPSA) is 0 Å². The van der Waals surface area contributed by atoms with E-state index < -0.39 is 0 Å². The van der Waals surface area contributed by atoms with E-state index in [2.05, 4.69) is 69.3 Å². The molecule has 0 radical (unpaired) electrons. The van der Waals surface area contributed by atoms with E-state index in [0.717, 1.165) is 11.5 Å². The van der Waals surface area contributed by atoms with Gasteiger partial charge in [0.15, 0.2) is 0 Å². The fourth-order valence-electron chi connectivity index (χ4n) is 1.46. The van der Waals surface area contributed by atoms with E-state index in [1.54, 1.807) is 0 Å². The maximum Gasteiger partial charge on any atom is 0.0119 e. The Morgan fingerprint density at radius 1 is 1.06 bits per heavy atom. The molecule has 1 rings (SSSR count). The summed E-state index contributed by atoms with van der Waals surface area (Å²) in [5.74, 6) is 2.18. The van der Waals surface area contributed by atoms with E-state index in [4.69, 9.17) is 0 Å². The molecule has 0 amide bonds. The molecule has 0 unspecified atom stereocenters. The highest BCUT2D eigenvalue weighted by Gasteiger charge is 1.87. The van der Waals surface area contributed by atoms with Gasteiger partial charge in [0.2, 0.25) is 0 Å². The molecule has 0 fully saturated rings. The van der Waals surface area contributed by atoms with Crippen molar-refractivity contribution in [3.63, 3.8) is 0 Å². The summed E-state index contributed by atoms with van der Waals surface area (Å²) < 4.78 is 0. The lowest BCUT2D eigenvalue weighted by Crippen LogP contribution is -1.77. The number of thioether (sulfide) groups is 1. The lowest BCUT2D eigenvalue weighted by Gasteiger charge is -1.96. The largest absolute Gasteiger partial charge is 0.154 e. The van der Waals surface area contributed by atoms with Crippen LogP contribution >= 0.6 is 11.8 Å². The Hall–Kier alpha value is -1.21. The Kier molecular flexibility index (Phi) is 7.28. The summed E-state index contributed by atoms with van der Waals surface area (Å²) in [5, 5.41) is 0. The van der Waals surface area contributed by atoms with Crippen molar-refractivity contribution in [1.29, 1.82) is 0 Å². The van der Waals surface area contributed by atoms with Gasteiger partial charge in [0.05, 0.1) is 0 Å². The molecular formula is C17H22S. The standard InChI is InChI=1S/C17H22S/c1-15(2)11-13-18-12-7-8-16(3)14-17-9-5-4-6-10-17/h4-11,14H,12-13H2,1-3H3/b8-7+,16-14+. The highest BCUT2D eigenvalue weighted by atomic mass is 32.2. The molecule has 0 aliphatic carbocycles. The van der Waals surface area contributed by atoms with E-state index >= 15 is 0 Å². The van der Waals surface area contributed by atoms with Crippen LogP contribution in [0.3, 0.4) is 0 Å². The molecule has 0 saturated heterocycles. The van der Waals surface area contributed by atoms with Gasteiger partial charge in [0, 0.05) is 11.5 Å². The van der Waals surface area contributed by atoms with Crippen molar-refractivity contribution < 1.29 is 0 Å². The number of allylic oxidation sites excluding steroid dienone is 3. The van der Waals surface area contributed by atoms with Crippen molar-refractivity contribution in [3.05, 3.63) is 65.3 Å². The van der Waals surface area contributed by atoms with Gasteiger partial charge in [0.25, 0.3) is 0 Å². The van der Waals surface area contributed by atoms with Crippen molar-refractivity contribution in [2.45, 2.75) is 20.8 Å². The second kappa shape index (κ2) is 8.82. The number of benzene rings is 1. The first-order chi connectivity index (χ1) is 8.68. The van der Waals surface area contributed by atoms with Gasteiger partial charge in [0.1, 0.15) is 0 Å². The molecule has 0 saturated carbocycles. The minimum atomic E-state index is 1.07. The van der Waals surface area contributed by atoms with E-state index in [1.807, 2.05) is 17.8 Å². The molecule has 0 nitrogen and oxygen atoms in total. The second-order valence-corrected chi connectivity index (χ2v) is 5.60. The normalized spacial score (nSPS) is 11.8. The first kappa shape index (κ1) is 14.8. The highest BCUT2D eigenvalue weighted by Crippen LogP contribution is 2.08. The van der Waals surface area contributed by atoms with Gasteiger partial charge in [-0.3, -0.25) is 0 Å². The molecule has 0 spiro atoms. The lowest BCUT2D eigenvalue weighted by molar-refractivity contribution is 1.37. The van der Waals surface area contributed by atoms with E-state index in [0.29, 0.717) is 0 Å². The van der Waals surface area contributed by atoms with Gasteiger partial charge in [-0.15, -0.1) is 0 Å². The van der Waals surface area contributed by atoms with Crippen LogP contribution in [0.15, 0.2) is 59.7 Å². The summed E-state index contributed by atoms with van der Waals surface area (Å²) in [5.41, 5.74) is 3.95. The summed E-state index contributed by atoms with van der Waals surface area (Å²) in [6.07, 6.45) is 8.91. The van der Waals surface area contributed by atoms with Crippen LogP contribution in [0.25, 0.3) is 6.08 Å². The quantitative estimate of drug-likeness (QED) is 0.377. The van der Waals surface area contributed by atoms with Crippen LogP contribution in [-0.4, -0.2) is 11.5 Å². The summed E-state index contributed by atoms with van der Waals surface area (Å²) in [7, 11) is 0. The smallest absolute Gasteiger partial charge is 0.0119 e. The van der Waals surface area contributed by atoms with E-state index in [9.17, 15) is 0 Å². The first-order valence-electron chi connectivity index (χ1n) is 6.29. The average molecular weight is 258 g/mol. The Labute approximate surface area is 116 Å². The van der Waals surface area contributed by atoms with Gasteiger partial charge in [-0.05, 0) is 26.3 Å². The fraction of sp³-hybridized carbons (Fsp3) is 0.294. The molecule has 1 aromatic carbocycles. The summed E-state index contributed by atoms with van der Waals surface area (Å²) >= 11 is 1.94. The summed E-state index contributed by atoms with van der Waals surface area (Å²) in [6, 6.07) is 10.4. The molecule has 0 aromatic heterocycles. The average Bonchev–Trinajstić information content (AvgIpc) is 2.34. The molecule has 18 heavy (non-hydrogen) atoms. The SMILES string of the molecule is CC(C)=CCSC/C=C/C(C)=C/c1ccccc1. The van der Waals surface area contributed by atoms with Crippen LogP contribution in [0.1, 0.15) is 26.3 Å². The van der Waals surface area contributed by atoms with Gasteiger partial charge >= 0.3 is 0 Å². The number of hydrogen-bond donors (Lipinski definition) is 0. The number of hydrogen-bond acceptors (Lipinski definition) is 1. The summed E-state index contributed by atoms with van der Waals surface area (Å²) in [6.45, 7) is 6.43. The third kappa shape index (κ3) is 7.18. The third-order valence-electron chi connectivity index (χ3n) is 2.40. The van der Waals surface area contributed by atoms with Crippen molar-refractivity contribution in [3.8, 4) is 0 Å². The molecular weight excluding hydrogens is 236 g/mol. The molecule has 0 bridgehead atoms. The van der Waals surface area contributed by atoms with E-state index in [-0.39, 0.29) is 0 Å². The highest BCUT2D eigenvalue weighted by molar-refractivity contribution is 7.99. The maximum absolute atomic E-state index is 2.27. The van der Waals surface area contributed by atoms with Crippen LogP contribution in [0, 0.1) is 0 Å². The van der Waals surface area contributed by atoms with Crippen LogP contribution in [0.2, 0.25) is 0 Å². The lowest BCUT2D eigenvalue weighted by atomic mass is 10.1. The molecule has 1 heteroatoms. The van der Waals surface area contributed by atoms with Gasteiger partial charge in [-0.1, -0.05) is 65.8 Å². The maximum atomic E-state index is 2.27. The zero-order valence-electron chi connectivity index (χ0n) is 11.5. The first-order valence-corrected chi connectivity index (χ1v) is 7.45. The third-order valence-corrected chi connectivity index (χ3v) is 3.23. The molecule has 0 atom stereocenters. The van der Waals surface area contributed by atoms with E-state index in [1.165, 1.54) is 16.7 Å². The minimum Gasteiger partial charge on any atom is -0.154 e. The number of rotatable bonds is 6. The Morgan fingerprint density at radius 2 is 1.78 bits per heavy atom. The summed E-state index contributed by atoms with van der Waals surface area (Å²) in [4.78, 5) is 0. The Balaban J connectivity index is 2.34. The van der Waals surface area contributed by atoms with Gasteiger partial charge in [-0.25, -0.2) is 0 Å². The molecule has 96 valence electrons. The molecule has 0 heterocycles. The van der Waals surface area contributed by atoms with Crippen molar-refractivity contribution in [2.24, 2.45) is 0 Å². The van der Waals surface area contributed by atoms with Crippen LogP contribution in [0.5, 0.6) is 0 Å². The molecule has 1 aromatic rings. The molecule has 0 N–H and O–H groups in total. The Morgan fingerprint density at radius 3 is 2.44 bits per heavy atom. The van der Waals surface area contributed by atoms with Crippen molar-refractivity contribution in [2.75, 3.05) is 11.5 Å². The predicted octanol–water partition coefficient (Wildman–Crippen LogP) is 5.35. The van der Waals surface area contributed by atoms with Crippen LogP contribution < -0.4 is 0 Å². The molecule has 0 aliphatic rings. The van der Waals surface area contributed by atoms with Crippen LogP contribution in [0.4, 0.5) is 0 Å². The fourth-order valence-corrected chi connectivity index (χ4v) is 2.28. The monoisotopic (exact) mass is 258 g/mol. The zero-order chi connectivity index (χ0) is 13.2. The van der Waals surface area contributed by atoms with Crippen LogP contribution in [-0.2, 0) is 0 Å². The Bertz CT molecular complexity index is 420. The van der Waals surface area contributed by atoms with Gasteiger partial charge < -0.3 is 0 Å². The predicted molar refractivity (Wildman–Crippen MR) is 86.0 cm³/mol. The minimum absolute atomic E-state index is 1.07. The second-order valence-electron chi connectivity index (χ2n) is 4.52. The molecule has 0 aliphatic heterocycles. The zero-order valence-corrected chi connectivity index (χ0v) is 12.3. The van der Waals surface area contributed by atoms with Crippen molar-refractivity contribution >= 4 is 17.8 Å². The van der Waals surface area contributed by atoms with Crippen molar-refractivity contribution in [1.82, 2.24) is 0 Å².